The molecule has 1 aromatic rings. The Bertz CT molecular complexity index is 520. The highest BCUT2D eigenvalue weighted by Gasteiger charge is 2.11. The Morgan fingerprint density at radius 1 is 1.53 bits per heavy atom. The summed E-state index contributed by atoms with van der Waals surface area (Å²) in [7, 11) is 1.31. The highest BCUT2D eigenvalue weighted by atomic mass is 16.5. The summed E-state index contributed by atoms with van der Waals surface area (Å²) in [6.45, 7) is 5.07. The molecule has 0 aliphatic rings. The van der Waals surface area contributed by atoms with Crippen molar-refractivity contribution in [2.45, 2.75) is 26.4 Å². The number of carbonyl (C=O) groups is 1. The molecule has 0 radical (unpaired) electrons. The first-order valence-electron chi connectivity index (χ1n) is 5.73. The van der Waals surface area contributed by atoms with Crippen LogP contribution >= 0.6 is 0 Å². The van der Waals surface area contributed by atoms with Crippen molar-refractivity contribution >= 4 is 5.97 Å². The Balaban J connectivity index is 2.69. The van der Waals surface area contributed by atoms with Gasteiger partial charge in [-0.3, -0.25) is 0 Å². The number of ether oxygens (including phenoxy) is 2. The van der Waals surface area contributed by atoms with Crippen LogP contribution in [0.25, 0.3) is 0 Å². The van der Waals surface area contributed by atoms with Crippen LogP contribution in [0, 0.1) is 18.8 Å². The minimum Gasteiger partial charge on any atom is -0.479 e. The lowest BCUT2D eigenvalue weighted by atomic mass is 10.1. The van der Waals surface area contributed by atoms with Gasteiger partial charge in [-0.15, -0.1) is 0 Å². The minimum atomic E-state index is -1.04. The fourth-order valence-corrected chi connectivity index (χ4v) is 1.31. The largest absolute Gasteiger partial charge is 0.479 e. The molecule has 0 saturated carbocycles. The van der Waals surface area contributed by atoms with E-state index in [-0.39, 0.29) is 12.3 Å². The van der Waals surface area contributed by atoms with E-state index < -0.39 is 11.6 Å². The van der Waals surface area contributed by atoms with Gasteiger partial charge in [0.05, 0.1) is 13.3 Å². The topological polar surface area (TPSA) is 68.7 Å². The average molecular weight is 263 g/mol. The summed E-state index contributed by atoms with van der Waals surface area (Å²) in [6, 6.07) is 1.69. The first kappa shape index (κ1) is 15.0. The van der Waals surface area contributed by atoms with Crippen molar-refractivity contribution in [3.05, 3.63) is 23.5 Å². The monoisotopic (exact) mass is 263 g/mol. The highest BCUT2D eigenvalue weighted by Crippen LogP contribution is 2.14. The van der Waals surface area contributed by atoms with Gasteiger partial charge in [-0.25, -0.2) is 9.78 Å². The average Bonchev–Trinajstić information content (AvgIpc) is 2.33. The molecule has 0 unspecified atom stereocenters. The predicted octanol–water partition coefficient (Wildman–Crippen LogP) is 1.33. The van der Waals surface area contributed by atoms with Crippen LogP contribution in [-0.2, 0) is 4.74 Å². The van der Waals surface area contributed by atoms with Crippen molar-refractivity contribution < 1.29 is 19.4 Å². The molecular weight excluding hydrogens is 246 g/mol. The van der Waals surface area contributed by atoms with Gasteiger partial charge in [0.2, 0.25) is 0 Å². The summed E-state index contributed by atoms with van der Waals surface area (Å²) >= 11 is 0. The zero-order valence-corrected chi connectivity index (χ0v) is 11.5. The third kappa shape index (κ3) is 4.98. The fourth-order valence-electron chi connectivity index (χ4n) is 1.31. The number of rotatable bonds is 3. The van der Waals surface area contributed by atoms with Crippen LogP contribution in [0.5, 0.6) is 5.75 Å². The molecule has 102 valence electrons. The smallest absolute Gasteiger partial charge is 0.356 e. The number of hydrogen-bond acceptors (Lipinski definition) is 5. The van der Waals surface area contributed by atoms with Crippen LogP contribution in [0.1, 0.15) is 29.9 Å². The van der Waals surface area contributed by atoms with E-state index in [4.69, 9.17) is 4.74 Å². The van der Waals surface area contributed by atoms with Crippen molar-refractivity contribution in [2.75, 3.05) is 13.7 Å². The van der Waals surface area contributed by atoms with Crippen molar-refractivity contribution in [3.8, 4) is 17.6 Å². The van der Waals surface area contributed by atoms with Crippen LogP contribution in [0.15, 0.2) is 12.3 Å². The summed E-state index contributed by atoms with van der Waals surface area (Å²) in [5, 5.41) is 9.39. The maximum absolute atomic E-state index is 11.3. The first-order valence-corrected chi connectivity index (χ1v) is 5.73. The molecule has 5 heteroatoms. The third-order valence-corrected chi connectivity index (χ3v) is 2.14. The third-order valence-electron chi connectivity index (χ3n) is 2.14. The van der Waals surface area contributed by atoms with E-state index >= 15 is 0 Å². The highest BCUT2D eigenvalue weighted by molar-refractivity contribution is 5.88. The number of methoxy groups -OCH3 is 1. The molecule has 1 rings (SSSR count). The zero-order chi connectivity index (χ0) is 14.5. The van der Waals surface area contributed by atoms with E-state index in [0.29, 0.717) is 11.3 Å². The molecule has 0 aromatic carbocycles. The molecule has 19 heavy (non-hydrogen) atoms. The normalized spacial score (nSPS) is 10.4. The van der Waals surface area contributed by atoms with Gasteiger partial charge in [0.25, 0.3) is 0 Å². The van der Waals surface area contributed by atoms with Crippen molar-refractivity contribution in [1.29, 1.82) is 0 Å². The summed E-state index contributed by atoms with van der Waals surface area (Å²) in [5.74, 6) is 5.36. The summed E-state index contributed by atoms with van der Waals surface area (Å²) in [6.07, 6.45) is 1.44. The number of nitrogens with zero attached hydrogens (tertiary/aromatic N) is 1. The SMILES string of the molecule is COC(=O)c1ncc(OCC#CC(C)(C)O)cc1C. The van der Waals surface area contributed by atoms with Crippen LogP contribution < -0.4 is 4.74 Å². The van der Waals surface area contributed by atoms with Gasteiger partial charge in [-0.05, 0) is 32.4 Å². The Morgan fingerprint density at radius 2 is 2.21 bits per heavy atom. The number of hydrogen-bond donors (Lipinski definition) is 1. The van der Waals surface area contributed by atoms with Crippen molar-refractivity contribution in [2.24, 2.45) is 0 Å². The molecule has 0 saturated heterocycles. The molecule has 0 amide bonds. The van der Waals surface area contributed by atoms with Crippen LogP contribution in [0.2, 0.25) is 0 Å². The Hall–Kier alpha value is -2.06. The maximum Gasteiger partial charge on any atom is 0.356 e. The molecule has 1 N–H and O–H groups in total. The molecule has 0 fully saturated rings. The van der Waals surface area contributed by atoms with Gasteiger partial charge in [-0.1, -0.05) is 11.8 Å². The van der Waals surface area contributed by atoms with Gasteiger partial charge >= 0.3 is 5.97 Å². The van der Waals surface area contributed by atoms with Crippen LogP contribution in [0.4, 0.5) is 0 Å². The van der Waals surface area contributed by atoms with Gasteiger partial charge in [-0.2, -0.15) is 0 Å². The molecular formula is C14H17NO4. The number of aromatic nitrogens is 1. The van der Waals surface area contributed by atoms with Crippen molar-refractivity contribution in [1.82, 2.24) is 4.98 Å². The molecule has 0 spiro atoms. The van der Waals surface area contributed by atoms with E-state index in [1.54, 1.807) is 26.8 Å². The minimum absolute atomic E-state index is 0.142. The standard InChI is InChI=1S/C14H17NO4/c1-10-8-11(9-15-12(10)13(16)18-4)19-7-5-6-14(2,3)17/h8-9,17H,7H2,1-4H3. The molecule has 0 aliphatic heterocycles. The Labute approximate surface area is 112 Å². The van der Waals surface area contributed by atoms with Crippen LogP contribution in [-0.4, -0.2) is 35.4 Å². The van der Waals surface area contributed by atoms with Gasteiger partial charge < -0.3 is 14.6 Å². The summed E-state index contributed by atoms with van der Waals surface area (Å²) < 4.78 is 9.95. The Kier molecular flexibility index (Phi) is 4.90. The number of aryl methyl sites for hydroxylation is 1. The second kappa shape index (κ2) is 6.21. The van der Waals surface area contributed by atoms with E-state index in [1.807, 2.05) is 0 Å². The molecule has 1 heterocycles. The number of esters is 1. The van der Waals surface area contributed by atoms with E-state index in [1.165, 1.54) is 13.3 Å². The summed E-state index contributed by atoms with van der Waals surface area (Å²) in [4.78, 5) is 15.3. The number of aliphatic hydroxyl groups is 1. The molecule has 0 bridgehead atoms. The molecule has 0 atom stereocenters. The fraction of sp³-hybridized carbons (Fsp3) is 0.429. The van der Waals surface area contributed by atoms with E-state index in [0.717, 1.165) is 0 Å². The quantitative estimate of drug-likeness (QED) is 0.658. The molecule has 0 aliphatic carbocycles. The predicted molar refractivity (Wildman–Crippen MR) is 69.9 cm³/mol. The van der Waals surface area contributed by atoms with Gasteiger partial charge in [0.15, 0.2) is 5.69 Å². The molecule has 5 nitrogen and oxygen atoms in total. The lowest BCUT2D eigenvalue weighted by Gasteiger charge is -2.07. The Morgan fingerprint density at radius 3 is 2.74 bits per heavy atom. The van der Waals surface area contributed by atoms with Gasteiger partial charge in [0, 0.05) is 0 Å². The number of carbonyl (C=O) groups excluding carboxylic acids is 1. The van der Waals surface area contributed by atoms with E-state index in [9.17, 15) is 9.90 Å². The lowest BCUT2D eigenvalue weighted by Crippen LogP contribution is -2.15. The summed E-state index contributed by atoms with van der Waals surface area (Å²) in [5.41, 5.74) is -0.107. The lowest BCUT2D eigenvalue weighted by molar-refractivity contribution is 0.0593. The second-order valence-electron chi connectivity index (χ2n) is 4.48. The zero-order valence-electron chi connectivity index (χ0n) is 11.5. The van der Waals surface area contributed by atoms with Crippen molar-refractivity contribution in [3.63, 3.8) is 0 Å². The molecule has 1 aromatic heterocycles. The first-order chi connectivity index (χ1) is 8.83. The van der Waals surface area contributed by atoms with Gasteiger partial charge in [0.1, 0.15) is 18.0 Å². The number of pyridine rings is 1. The van der Waals surface area contributed by atoms with Crippen LogP contribution in [0.3, 0.4) is 0 Å². The maximum atomic E-state index is 11.3. The second-order valence-corrected chi connectivity index (χ2v) is 4.48. The van der Waals surface area contributed by atoms with E-state index in [2.05, 4.69) is 21.6 Å².